The zero-order valence-electron chi connectivity index (χ0n) is 16.1. The van der Waals surface area contributed by atoms with Gasteiger partial charge in [0.25, 0.3) is 5.91 Å². The maximum absolute atomic E-state index is 12.5. The highest BCUT2D eigenvalue weighted by Crippen LogP contribution is 2.26. The fourth-order valence-corrected chi connectivity index (χ4v) is 3.11. The van der Waals surface area contributed by atoms with Crippen molar-refractivity contribution in [3.8, 4) is 17.2 Å². The molecule has 3 rings (SSSR count). The van der Waals surface area contributed by atoms with E-state index in [-0.39, 0.29) is 5.91 Å². The number of hydrogen-bond donors (Lipinski definition) is 1. The third kappa shape index (κ3) is 6.26. The van der Waals surface area contributed by atoms with E-state index in [2.05, 4.69) is 21.2 Å². The summed E-state index contributed by atoms with van der Waals surface area (Å²) in [6.45, 7) is 3.31. The number of anilines is 1. The third-order valence-corrected chi connectivity index (χ3v) is 4.57. The molecule has 0 heterocycles. The molecule has 0 aromatic heterocycles. The van der Waals surface area contributed by atoms with Gasteiger partial charge in [-0.25, -0.2) is 0 Å². The van der Waals surface area contributed by atoms with Gasteiger partial charge < -0.3 is 19.5 Å². The number of ether oxygens (including phenoxy) is 3. The molecule has 5 nitrogen and oxygen atoms in total. The summed E-state index contributed by atoms with van der Waals surface area (Å²) in [7, 11) is 0. The summed E-state index contributed by atoms with van der Waals surface area (Å²) in [5.74, 6) is 1.96. The Bertz CT molecular complexity index is 947. The van der Waals surface area contributed by atoms with Crippen molar-refractivity contribution in [3.05, 3.63) is 82.8 Å². The molecule has 0 unspecified atom stereocenters. The minimum atomic E-state index is -0.210. The van der Waals surface area contributed by atoms with E-state index in [0.29, 0.717) is 42.6 Å². The molecule has 3 aromatic carbocycles. The van der Waals surface area contributed by atoms with E-state index in [4.69, 9.17) is 14.2 Å². The fraction of sp³-hybridized carbons (Fsp3) is 0.174. The highest BCUT2D eigenvalue weighted by Gasteiger charge is 2.10. The van der Waals surface area contributed by atoms with E-state index in [9.17, 15) is 4.79 Å². The molecule has 0 bridgehead atoms. The van der Waals surface area contributed by atoms with Gasteiger partial charge in [-0.15, -0.1) is 0 Å². The molecule has 3 aromatic rings. The lowest BCUT2D eigenvalue weighted by Crippen LogP contribution is -2.12. The van der Waals surface area contributed by atoms with Crippen LogP contribution in [0.25, 0.3) is 0 Å². The average Bonchev–Trinajstić information content (AvgIpc) is 2.74. The van der Waals surface area contributed by atoms with Crippen molar-refractivity contribution in [2.45, 2.75) is 6.92 Å². The summed E-state index contributed by atoms with van der Waals surface area (Å²) in [5.41, 5.74) is 1.18. The van der Waals surface area contributed by atoms with Crippen molar-refractivity contribution in [2.24, 2.45) is 0 Å². The standard InChI is InChI=1S/C23H22BrNO4/c1-2-27-22-12-11-17(15-21(22)24)23(26)25-18-7-6-10-20(16-18)29-14-13-28-19-8-4-3-5-9-19/h3-12,15-16H,2,13-14H2,1H3,(H,25,26). The van der Waals surface area contributed by atoms with Crippen LogP contribution in [0.1, 0.15) is 17.3 Å². The molecule has 6 heteroatoms. The van der Waals surface area contributed by atoms with Gasteiger partial charge in [-0.2, -0.15) is 0 Å². The molecule has 0 atom stereocenters. The van der Waals surface area contributed by atoms with E-state index in [0.717, 1.165) is 10.2 Å². The van der Waals surface area contributed by atoms with Gasteiger partial charge in [0, 0.05) is 17.3 Å². The lowest BCUT2D eigenvalue weighted by Gasteiger charge is -2.11. The number of rotatable bonds is 9. The fourth-order valence-electron chi connectivity index (χ4n) is 2.62. The number of benzene rings is 3. The Balaban J connectivity index is 1.53. The quantitative estimate of drug-likeness (QED) is 0.429. The van der Waals surface area contributed by atoms with Crippen molar-refractivity contribution < 1.29 is 19.0 Å². The number of carbonyl (C=O) groups excluding carboxylic acids is 1. The summed E-state index contributed by atoms with van der Waals surface area (Å²) in [6, 6.07) is 22.1. The normalized spacial score (nSPS) is 10.3. The van der Waals surface area contributed by atoms with Crippen molar-refractivity contribution in [3.63, 3.8) is 0 Å². The van der Waals surface area contributed by atoms with Crippen molar-refractivity contribution in [1.29, 1.82) is 0 Å². The Morgan fingerprint density at radius 1 is 0.862 bits per heavy atom. The van der Waals surface area contributed by atoms with E-state index in [1.807, 2.05) is 55.5 Å². The Morgan fingerprint density at radius 2 is 1.59 bits per heavy atom. The molecule has 0 fully saturated rings. The summed E-state index contributed by atoms with van der Waals surface area (Å²) in [4.78, 5) is 12.5. The first kappa shape index (κ1) is 20.7. The van der Waals surface area contributed by atoms with Gasteiger partial charge in [0.05, 0.1) is 11.1 Å². The van der Waals surface area contributed by atoms with E-state index >= 15 is 0 Å². The minimum Gasteiger partial charge on any atom is -0.493 e. The summed E-state index contributed by atoms with van der Waals surface area (Å²) < 4.78 is 17.5. The molecule has 29 heavy (non-hydrogen) atoms. The Kier molecular flexibility index (Phi) is 7.53. The second kappa shape index (κ2) is 10.5. The summed E-state index contributed by atoms with van der Waals surface area (Å²) in [5, 5.41) is 2.88. The van der Waals surface area contributed by atoms with Crippen LogP contribution in [-0.2, 0) is 0 Å². The molecule has 0 spiro atoms. The lowest BCUT2D eigenvalue weighted by molar-refractivity contribution is 0.102. The first-order chi connectivity index (χ1) is 14.2. The van der Waals surface area contributed by atoms with Gasteiger partial charge in [-0.3, -0.25) is 4.79 Å². The number of hydrogen-bond acceptors (Lipinski definition) is 4. The van der Waals surface area contributed by atoms with Gasteiger partial charge in [0.1, 0.15) is 30.5 Å². The molecule has 0 saturated heterocycles. The second-order valence-electron chi connectivity index (χ2n) is 6.07. The molecular formula is C23H22BrNO4. The molecule has 0 aliphatic carbocycles. The molecule has 1 N–H and O–H groups in total. The Labute approximate surface area is 178 Å². The second-order valence-corrected chi connectivity index (χ2v) is 6.92. The Hall–Kier alpha value is -2.99. The summed E-state index contributed by atoms with van der Waals surface area (Å²) >= 11 is 3.43. The first-order valence-electron chi connectivity index (χ1n) is 9.30. The molecule has 0 aliphatic rings. The van der Waals surface area contributed by atoms with E-state index in [1.54, 1.807) is 24.3 Å². The van der Waals surface area contributed by atoms with Crippen LogP contribution >= 0.6 is 15.9 Å². The number of para-hydroxylation sites is 1. The van der Waals surface area contributed by atoms with Gasteiger partial charge in [0.15, 0.2) is 0 Å². The predicted molar refractivity (Wildman–Crippen MR) is 117 cm³/mol. The minimum absolute atomic E-state index is 0.210. The topological polar surface area (TPSA) is 56.8 Å². The molecule has 150 valence electrons. The first-order valence-corrected chi connectivity index (χ1v) is 10.1. The number of nitrogens with one attached hydrogen (secondary N) is 1. The van der Waals surface area contributed by atoms with Crippen LogP contribution in [0.5, 0.6) is 17.2 Å². The summed E-state index contributed by atoms with van der Waals surface area (Å²) in [6.07, 6.45) is 0. The number of amides is 1. The average molecular weight is 456 g/mol. The van der Waals surface area contributed by atoms with Gasteiger partial charge >= 0.3 is 0 Å². The van der Waals surface area contributed by atoms with Crippen LogP contribution < -0.4 is 19.5 Å². The van der Waals surface area contributed by atoms with Crippen molar-refractivity contribution >= 4 is 27.5 Å². The van der Waals surface area contributed by atoms with Crippen LogP contribution in [0.15, 0.2) is 77.3 Å². The maximum atomic E-state index is 12.5. The maximum Gasteiger partial charge on any atom is 0.255 e. The largest absolute Gasteiger partial charge is 0.493 e. The highest BCUT2D eigenvalue weighted by atomic mass is 79.9. The van der Waals surface area contributed by atoms with Gasteiger partial charge in [0.2, 0.25) is 0 Å². The van der Waals surface area contributed by atoms with Gasteiger partial charge in [-0.1, -0.05) is 24.3 Å². The smallest absolute Gasteiger partial charge is 0.255 e. The van der Waals surface area contributed by atoms with Crippen molar-refractivity contribution in [2.75, 3.05) is 25.1 Å². The van der Waals surface area contributed by atoms with Crippen LogP contribution in [0.2, 0.25) is 0 Å². The van der Waals surface area contributed by atoms with Crippen LogP contribution in [-0.4, -0.2) is 25.7 Å². The zero-order valence-corrected chi connectivity index (χ0v) is 17.6. The SMILES string of the molecule is CCOc1ccc(C(=O)Nc2cccc(OCCOc3ccccc3)c2)cc1Br. The predicted octanol–water partition coefficient (Wildman–Crippen LogP) is 5.56. The van der Waals surface area contributed by atoms with Crippen molar-refractivity contribution in [1.82, 2.24) is 0 Å². The number of carbonyl (C=O) groups is 1. The number of halogens is 1. The van der Waals surface area contributed by atoms with E-state index < -0.39 is 0 Å². The zero-order chi connectivity index (χ0) is 20.5. The van der Waals surface area contributed by atoms with E-state index in [1.165, 1.54) is 0 Å². The Morgan fingerprint density at radius 3 is 2.31 bits per heavy atom. The lowest BCUT2D eigenvalue weighted by atomic mass is 10.2. The molecule has 0 radical (unpaired) electrons. The monoisotopic (exact) mass is 455 g/mol. The van der Waals surface area contributed by atoms with Gasteiger partial charge in [-0.05, 0) is 65.3 Å². The third-order valence-electron chi connectivity index (χ3n) is 3.95. The molecule has 1 amide bonds. The molecule has 0 saturated carbocycles. The van der Waals surface area contributed by atoms with Crippen LogP contribution in [0, 0.1) is 0 Å². The molecule has 0 aliphatic heterocycles. The highest BCUT2D eigenvalue weighted by molar-refractivity contribution is 9.10. The molecular weight excluding hydrogens is 434 g/mol. The van der Waals surface area contributed by atoms with Crippen LogP contribution in [0.3, 0.4) is 0 Å². The van der Waals surface area contributed by atoms with Crippen LogP contribution in [0.4, 0.5) is 5.69 Å².